The van der Waals surface area contributed by atoms with E-state index in [2.05, 4.69) is 18.7 Å². The maximum atomic E-state index is 14.3. The normalized spacial score (nSPS) is 12.3. The molecular formula is C22H25FO2. The number of rotatable bonds is 9. The number of ether oxygens (including phenoxy) is 1. The smallest absolute Gasteiger partial charge is 0.134 e. The molecular weight excluding hydrogens is 315 g/mol. The molecule has 0 bridgehead atoms. The van der Waals surface area contributed by atoms with E-state index >= 15 is 0 Å². The second-order valence-electron chi connectivity index (χ2n) is 6.05. The molecule has 132 valence electrons. The van der Waals surface area contributed by atoms with Gasteiger partial charge in [0.05, 0.1) is 6.10 Å². The van der Waals surface area contributed by atoms with Crippen LogP contribution in [0.1, 0.15) is 31.7 Å². The predicted molar refractivity (Wildman–Crippen MR) is 102 cm³/mol. The first-order valence-corrected chi connectivity index (χ1v) is 8.58. The molecule has 2 nitrogen and oxygen atoms in total. The molecule has 0 aliphatic rings. The van der Waals surface area contributed by atoms with E-state index in [4.69, 9.17) is 4.74 Å². The number of aliphatic hydroxyl groups excluding tert-OH is 1. The van der Waals surface area contributed by atoms with Gasteiger partial charge in [-0.2, -0.15) is 0 Å². The van der Waals surface area contributed by atoms with Gasteiger partial charge >= 0.3 is 0 Å². The molecule has 3 heteroatoms. The van der Waals surface area contributed by atoms with Gasteiger partial charge in [0.25, 0.3) is 0 Å². The molecule has 1 unspecified atom stereocenters. The van der Waals surface area contributed by atoms with E-state index in [9.17, 15) is 9.50 Å². The average Bonchev–Trinajstić information content (AvgIpc) is 2.60. The lowest BCUT2D eigenvalue weighted by molar-refractivity contribution is 0.182. The van der Waals surface area contributed by atoms with Crippen LogP contribution in [0.2, 0.25) is 0 Å². The molecule has 0 saturated heterocycles. The fourth-order valence-corrected chi connectivity index (χ4v) is 2.50. The molecule has 2 aromatic rings. The van der Waals surface area contributed by atoms with Crippen molar-refractivity contribution >= 4 is 6.08 Å². The van der Waals surface area contributed by atoms with Crippen LogP contribution in [0.4, 0.5) is 4.39 Å². The van der Waals surface area contributed by atoms with Gasteiger partial charge in [-0.15, -0.1) is 0 Å². The third-order valence-corrected chi connectivity index (χ3v) is 3.83. The Morgan fingerprint density at radius 3 is 2.60 bits per heavy atom. The quantitative estimate of drug-likeness (QED) is 0.474. The highest BCUT2D eigenvalue weighted by molar-refractivity contribution is 5.67. The first-order valence-electron chi connectivity index (χ1n) is 8.58. The van der Waals surface area contributed by atoms with Gasteiger partial charge in [-0.25, -0.2) is 4.39 Å². The maximum absolute atomic E-state index is 14.3. The zero-order valence-electron chi connectivity index (χ0n) is 14.6. The number of halogens is 1. The van der Waals surface area contributed by atoms with Crippen molar-refractivity contribution in [3.63, 3.8) is 0 Å². The highest BCUT2D eigenvalue weighted by Gasteiger charge is 2.06. The number of aliphatic hydroxyl groups is 1. The van der Waals surface area contributed by atoms with Crippen LogP contribution in [-0.4, -0.2) is 17.8 Å². The Bertz CT molecular complexity index is 702. The van der Waals surface area contributed by atoms with Gasteiger partial charge in [0, 0.05) is 11.6 Å². The molecule has 0 radical (unpaired) electrons. The molecule has 2 aromatic carbocycles. The lowest BCUT2D eigenvalue weighted by atomic mass is 10.0. The summed E-state index contributed by atoms with van der Waals surface area (Å²) in [5, 5.41) is 9.22. The molecule has 0 fully saturated rings. The van der Waals surface area contributed by atoms with Crippen LogP contribution < -0.4 is 4.74 Å². The fraction of sp³-hybridized carbons (Fsp3) is 0.273. The third kappa shape index (κ3) is 6.20. The van der Waals surface area contributed by atoms with Crippen molar-refractivity contribution in [3.05, 3.63) is 72.6 Å². The molecule has 2 rings (SSSR count). The number of hydrogen-bond acceptors (Lipinski definition) is 2. The Hall–Kier alpha value is -2.39. The summed E-state index contributed by atoms with van der Waals surface area (Å²) in [6, 6.07) is 12.7. The van der Waals surface area contributed by atoms with Gasteiger partial charge in [-0.1, -0.05) is 49.1 Å². The van der Waals surface area contributed by atoms with Crippen molar-refractivity contribution in [2.45, 2.75) is 32.3 Å². The first-order chi connectivity index (χ1) is 12.1. The SMILES string of the molecule is C=CCOc1ccc(-c2ccc(/C=C/CCCC(C)O)cc2)c(F)c1. The lowest BCUT2D eigenvalue weighted by Crippen LogP contribution is -1.97. The Kier molecular flexibility index (Phi) is 7.42. The van der Waals surface area contributed by atoms with Gasteiger partial charge in [0.15, 0.2) is 0 Å². The molecule has 0 aliphatic carbocycles. The van der Waals surface area contributed by atoms with Crippen molar-refractivity contribution < 1.29 is 14.2 Å². The summed E-state index contributed by atoms with van der Waals surface area (Å²) in [6.45, 7) is 5.74. The fourth-order valence-electron chi connectivity index (χ4n) is 2.50. The summed E-state index contributed by atoms with van der Waals surface area (Å²) in [5.41, 5.74) is 2.46. The summed E-state index contributed by atoms with van der Waals surface area (Å²) in [6.07, 6.45) is 8.26. The summed E-state index contributed by atoms with van der Waals surface area (Å²) >= 11 is 0. The van der Waals surface area contributed by atoms with E-state index in [1.165, 1.54) is 6.07 Å². The van der Waals surface area contributed by atoms with Crippen molar-refractivity contribution in [1.29, 1.82) is 0 Å². The van der Waals surface area contributed by atoms with Crippen LogP contribution in [-0.2, 0) is 0 Å². The average molecular weight is 340 g/mol. The van der Waals surface area contributed by atoms with Crippen LogP contribution in [0, 0.1) is 5.82 Å². The molecule has 1 atom stereocenters. The minimum Gasteiger partial charge on any atom is -0.489 e. The predicted octanol–water partition coefficient (Wildman–Crippen LogP) is 5.62. The van der Waals surface area contributed by atoms with Crippen molar-refractivity contribution in [2.75, 3.05) is 6.61 Å². The lowest BCUT2D eigenvalue weighted by Gasteiger charge is -2.07. The van der Waals surface area contributed by atoms with Gasteiger partial charge in [0.2, 0.25) is 0 Å². The Labute approximate surface area is 149 Å². The molecule has 0 saturated carbocycles. The second-order valence-corrected chi connectivity index (χ2v) is 6.05. The number of hydrogen-bond donors (Lipinski definition) is 1. The Balaban J connectivity index is 1.99. The van der Waals surface area contributed by atoms with Crippen molar-refractivity contribution in [2.24, 2.45) is 0 Å². The topological polar surface area (TPSA) is 29.5 Å². The van der Waals surface area contributed by atoms with Crippen LogP contribution in [0.5, 0.6) is 5.75 Å². The molecule has 0 amide bonds. The highest BCUT2D eigenvalue weighted by Crippen LogP contribution is 2.26. The number of unbranched alkanes of at least 4 members (excludes halogenated alkanes) is 1. The molecule has 0 heterocycles. The first kappa shape index (κ1) is 18.9. The second kappa shape index (κ2) is 9.80. The summed E-state index contributed by atoms with van der Waals surface area (Å²) in [5.74, 6) is 0.195. The van der Waals surface area contributed by atoms with Crippen molar-refractivity contribution in [1.82, 2.24) is 0 Å². The van der Waals surface area contributed by atoms with Crippen LogP contribution >= 0.6 is 0 Å². The largest absolute Gasteiger partial charge is 0.489 e. The standard InChI is InChI=1S/C22H25FO2/c1-3-15-25-20-13-14-21(22(23)16-20)19-11-9-18(10-12-19)8-6-4-5-7-17(2)24/h3,6,8-14,16-17,24H,1,4-5,7,15H2,2H3/b8-6+. The number of benzene rings is 2. The molecule has 0 aromatic heterocycles. The molecule has 25 heavy (non-hydrogen) atoms. The monoisotopic (exact) mass is 340 g/mol. The van der Waals surface area contributed by atoms with E-state index < -0.39 is 0 Å². The summed E-state index contributed by atoms with van der Waals surface area (Å²) in [7, 11) is 0. The van der Waals surface area contributed by atoms with E-state index in [-0.39, 0.29) is 11.9 Å². The number of allylic oxidation sites excluding steroid dienone is 1. The minimum atomic E-state index is -0.303. The van der Waals surface area contributed by atoms with E-state index in [0.717, 1.165) is 30.4 Å². The van der Waals surface area contributed by atoms with Gasteiger partial charge in [-0.3, -0.25) is 0 Å². The zero-order valence-corrected chi connectivity index (χ0v) is 14.6. The van der Waals surface area contributed by atoms with E-state index in [0.29, 0.717) is 17.9 Å². The minimum absolute atomic E-state index is 0.240. The molecule has 1 N–H and O–H groups in total. The Morgan fingerprint density at radius 2 is 1.96 bits per heavy atom. The van der Waals surface area contributed by atoms with Gasteiger partial charge in [-0.05, 0) is 49.4 Å². The summed E-state index contributed by atoms with van der Waals surface area (Å²) in [4.78, 5) is 0. The van der Waals surface area contributed by atoms with Crippen LogP contribution in [0.15, 0.2) is 61.2 Å². The third-order valence-electron chi connectivity index (χ3n) is 3.83. The summed E-state index contributed by atoms with van der Waals surface area (Å²) < 4.78 is 19.6. The highest BCUT2D eigenvalue weighted by atomic mass is 19.1. The van der Waals surface area contributed by atoms with Gasteiger partial charge in [0.1, 0.15) is 18.2 Å². The van der Waals surface area contributed by atoms with Crippen LogP contribution in [0.25, 0.3) is 17.2 Å². The molecule has 0 aliphatic heterocycles. The van der Waals surface area contributed by atoms with E-state index in [1.807, 2.05) is 24.3 Å². The zero-order chi connectivity index (χ0) is 18.1. The van der Waals surface area contributed by atoms with Crippen molar-refractivity contribution in [3.8, 4) is 16.9 Å². The van der Waals surface area contributed by atoms with Crippen LogP contribution in [0.3, 0.4) is 0 Å². The van der Waals surface area contributed by atoms with E-state index in [1.54, 1.807) is 25.1 Å². The molecule has 0 spiro atoms. The maximum Gasteiger partial charge on any atom is 0.134 e. The Morgan fingerprint density at radius 1 is 1.20 bits per heavy atom. The van der Waals surface area contributed by atoms with Gasteiger partial charge < -0.3 is 9.84 Å².